The number of anilines is 1. The normalized spacial score (nSPS) is 15.6. The number of pyridine rings is 1. The maximum Gasteiger partial charge on any atom is 0.255 e. The van der Waals surface area contributed by atoms with Gasteiger partial charge in [-0.1, -0.05) is 17.7 Å². The number of nitrogens with zero attached hydrogens (tertiary/aromatic N) is 2. The van der Waals surface area contributed by atoms with Crippen molar-refractivity contribution in [1.29, 1.82) is 0 Å². The van der Waals surface area contributed by atoms with Gasteiger partial charge in [0.15, 0.2) is 0 Å². The Kier molecular flexibility index (Phi) is 4.59. The number of piperidine rings is 1. The quantitative estimate of drug-likeness (QED) is 0.943. The first-order chi connectivity index (χ1) is 10.7. The predicted molar refractivity (Wildman–Crippen MR) is 88.2 cm³/mol. The molecule has 1 aliphatic rings. The molecule has 2 aromatic rings. The summed E-state index contributed by atoms with van der Waals surface area (Å²) in [6.07, 6.45) is 5.16. The second kappa shape index (κ2) is 6.79. The zero-order valence-corrected chi connectivity index (χ0v) is 13.0. The molecule has 0 spiro atoms. The van der Waals surface area contributed by atoms with Crippen LogP contribution in [0.1, 0.15) is 23.2 Å². The zero-order valence-electron chi connectivity index (χ0n) is 12.2. The Labute approximate surface area is 135 Å². The molecule has 0 atom stereocenters. The first-order valence-electron chi connectivity index (χ1n) is 7.44. The Morgan fingerprint density at radius 2 is 2.05 bits per heavy atom. The molecule has 1 aromatic carbocycles. The molecular weight excluding hydrogens is 298 g/mol. The van der Waals surface area contributed by atoms with Crippen LogP contribution in [0, 0.1) is 0 Å². The van der Waals surface area contributed by atoms with Crippen molar-refractivity contribution >= 4 is 23.2 Å². The van der Waals surface area contributed by atoms with Crippen molar-refractivity contribution in [1.82, 2.24) is 9.88 Å². The molecule has 4 nitrogen and oxygen atoms in total. The van der Waals surface area contributed by atoms with Crippen molar-refractivity contribution in [2.24, 2.45) is 0 Å². The van der Waals surface area contributed by atoms with Crippen LogP contribution >= 0.6 is 11.6 Å². The highest BCUT2D eigenvalue weighted by atomic mass is 35.5. The third-order valence-electron chi connectivity index (χ3n) is 3.89. The van der Waals surface area contributed by atoms with Gasteiger partial charge < -0.3 is 10.2 Å². The number of halogens is 1. The lowest BCUT2D eigenvalue weighted by Gasteiger charge is -2.33. The van der Waals surface area contributed by atoms with E-state index in [4.69, 9.17) is 11.6 Å². The molecule has 1 N–H and O–H groups in total. The Morgan fingerprint density at radius 1 is 1.23 bits per heavy atom. The summed E-state index contributed by atoms with van der Waals surface area (Å²) in [5.74, 6) is 0.0642. The summed E-state index contributed by atoms with van der Waals surface area (Å²) < 4.78 is 0. The number of carbonyl (C=O) groups excluding carboxylic acids is 1. The minimum atomic E-state index is 0.0642. The topological polar surface area (TPSA) is 45.2 Å². The third-order valence-corrected chi connectivity index (χ3v) is 4.12. The van der Waals surface area contributed by atoms with Crippen LogP contribution in [0.3, 0.4) is 0 Å². The van der Waals surface area contributed by atoms with E-state index in [1.54, 1.807) is 18.5 Å². The van der Waals surface area contributed by atoms with Gasteiger partial charge in [-0.25, -0.2) is 0 Å². The molecule has 22 heavy (non-hydrogen) atoms. The van der Waals surface area contributed by atoms with E-state index < -0.39 is 0 Å². The molecule has 0 saturated carbocycles. The maximum absolute atomic E-state index is 12.4. The van der Waals surface area contributed by atoms with Gasteiger partial charge in [-0.3, -0.25) is 9.78 Å². The van der Waals surface area contributed by atoms with E-state index in [1.165, 1.54) is 0 Å². The summed E-state index contributed by atoms with van der Waals surface area (Å²) in [4.78, 5) is 18.3. The average molecular weight is 316 g/mol. The van der Waals surface area contributed by atoms with E-state index in [1.807, 2.05) is 35.2 Å². The van der Waals surface area contributed by atoms with Crippen LogP contribution in [0.15, 0.2) is 48.8 Å². The van der Waals surface area contributed by atoms with Gasteiger partial charge in [0, 0.05) is 42.2 Å². The summed E-state index contributed by atoms with van der Waals surface area (Å²) in [5.41, 5.74) is 1.69. The van der Waals surface area contributed by atoms with Gasteiger partial charge in [0.2, 0.25) is 0 Å². The fourth-order valence-electron chi connectivity index (χ4n) is 2.71. The molecule has 1 saturated heterocycles. The molecule has 0 radical (unpaired) electrons. The van der Waals surface area contributed by atoms with E-state index in [-0.39, 0.29) is 5.91 Å². The van der Waals surface area contributed by atoms with Crippen molar-refractivity contribution < 1.29 is 4.79 Å². The van der Waals surface area contributed by atoms with E-state index in [2.05, 4.69) is 10.3 Å². The number of nitrogens with one attached hydrogen (secondary N) is 1. The highest BCUT2D eigenvalue weighted by molar-refractivity contribution is 6.30. The highest BCUT2D eigenvalue weighted by Crippen LogP contribution is 2.20. The number of hydrogen-bond donors (Lipinski definition) is 1. The van der Waals surface area contributed by atoms with Crippen molar-refractivity contribution in [2.45, 2.75) is 18.9 Å². The number of carbonyl (C=O) groups is 1. The Hall–Kier alpha value is -2.07. The summed E-state index contributed by atoms with van der Waals surface area (Å²) in [6, 6.07) is 11.7. The SMILES string of the molecule is O=C(c1cccnc1)N1CCC(Nc2cccc(Cl)c2)CC1. The number of amides is 1. The fourth-order valence-corrected chi connectivity index (χ4v) is 2.90. The van der Waals surface area contributed by atoms with Gasteiger partial charge in [0.1, 0.15) is 0 Å². The van der Waals surface area contributed by atoms with Crippen LogP contribution in [-0.2, 0) is 0 Å². The van der Waals surface area contributed by atoms with Gasteiger partial charge in [0.25, 0.3) is 5.91 Å². The van der Waals surface area contributed by atoms with Crippen LogP contribution in [0.25, 0.3) is 0 Å². The van der Waals surface area contributed by atoms with Gasteiger partial charge in [-0.2, -0.15) is 0 Å². The molecule has 0 unspecified atom stereocenters. The van der Waals surface area contributed by atoms with E-state index >= 15 is 0 Å². The molecule has 1 aliphatic heterocycles. The van der Waals surface area contributed by atoms with Gasteiger partial charge >= 0.3 is 0 Å². The third kappa shape index (κ3) is 3.57. The molecule has 1 aromatic heterocycles. The van der Waals surface area contributed by atoms with Crippen LogP contribution in [0.4, 0.5) is 5.69 Å². The number of likely N-dealkylation sites (tertiary alicyclic amines) is 1. The summed E-state index contributed by atoms with van der Waals surface area (Å²) >= 11 is 6.00. The predicted octanol–water partition coefficient (Wildman–Crippen LogP) is 3.45. The Balaban J connectivity index is 1.55. The highest BCUT2D eigenvalue weighted by Gasteiger charge is 2.23. The minimum Gasteiger partial charge on any atom is -0.382 e. The van der Waals surface area contributed by atoms with E-state index in [0.717, 1.165) is 36.6 Å². The van der Waals surface area contributed by atoms with Crippen molar-refractivity contribution in [3.05, 3.63) is 59.4 Å². The van der Waals surface area contributed by atoms with E-state index in [9.17, 15) is 4.79 Å². The summed E-state index contributed by atoms with van der Waals surface area (Å²) in [6.45, 7) is 1.51. The van der Waals surface area contributed by atoms with Crippen LogP contribution in [0.5, 0.6) is 0 Å². The van der Waals surface area contributed by atoms with Crippen LogP contribution < -0.4 is 5.32 Å². The summed E-state index contributed by atoms with van der Waals surface area (Å²) in [5, 5.41) is 4.22. The second-order valence-electron chi connectivity index (χ2n) is 5.46. The summed E-state index contributed by atoms with van der Waals surface area (Å²) in [7, 11) is 0. The van der Waals surface area contributed by atoms with E-state index in [0.29, 0.717) is 11.6 Å². The lowest BCUT2D eigenvalue weighted by molar-refractivity contribution is 0.0718. The average Bonchev–Trinajstić information content (AvgIpc) is 2.56. The van der Waals surface area contributed by atoms with Crippen molar-refractivity contribution in [3.8, 4) is 0 Å². The second-order valence-corrected chi connectivity index (χ2v) is 5.90. The molecule has 1 amide bonds. The number of aromatic nitrogens is 1. The molecule has 0 bridgehead atoms. The fraction of sp³-hybridized carbons (Fsp3) is 0.294. The van der Waals surface area contributed by atoms with Gasteiger partial charge in [0.05, 0.1) is 5.56 Å². The number of hydrogen-bond acceptors (Lipinski definition) is 3. The lowest BCUT2D eigenvalue weighted by atomic mass is 10.0. The molecule has 1 fully saturated rings. The van der Waals surface area contributed by atoms with Gasteiger partial charge in [-0.15, -0.1) is 0 Å². The molecule has 2 heterocycles. The lowest BCUT2D eigenvalue weighted by Crippen LogP contribution is -2.42. The van der Waals surface area contributed by atoms with Crippen LogP contribution in [0.2, 0.25) is 5.02 Å². The number of benzene rings is 1. The molecule has 5 heteroatoms. The minimum absolute atomic E-state index is 0.0642. The Morgan fingerprint density at radius 3 is 2.73 bits per heavy atom. The van der Waals surface area contributed by atoms with Gasteiger partial charge in [-0.05, 0) is 43.2 Å². The smallest absolute Gasteiger partial charge is 0.255 e. The van der Waals surface area contributed by atoms with Crippen molar-refractivity contribution in [3.63, 3.8) is 0 Å². The first kappa shape index (κ1) is 14.9. The van der Waals surface area contributed by atoms with Crippen LogP contribution in [-0.4, -0.2) is 34.9 Å². The first-order valence-corrected chi connectivity index (χ1v) is 7.81. The molecule has 0 aliphatic carbocycles. The largest absolute Gasteiger partial charge is 0.382 e. The maximum atomic E-state index is 12.4. The zero-order chi connectivity index (χ0) is 15.4. The molecule has 3 rings (SSSR count). The Bertz CT molecular complexity index is 639. The monoisotopic (exact) mass is 315 g/mol. The number of rotatable bonds is 3. The van der Waals surface area contributed by atoms with Crippen molar-refractivity contribution in [2.75, 3.05) is 18.4 Å². The molecule has 114 valence electrons. The standard InChI is InChI=1S/C17H18ClN3O/c18-14-4-1-5-16(11-14)20-15-6-9-21(10-7-15)17(22)13-3-2-8-19-12-13/h1-5,8,11-12,15,20H,6-7,9-10H2. The molecular formula is C17H18ClN3O.